The van der Waals surface area contributed by atoms with Crippen LogP contribution in [0.4, 0.5) is 17.6 Å². The van der Waals surface area contributed by atoms with Crippen molar-refractivity contribution < 1.29 is 17.6 Å². The minimum atomic E-state index is -4.86. The lowest BCUT2D eigenvalue weighted by Crippen LogP contribution is -2.37. The molecule has 31 heavy (non-hydrogen) atoms. The molecule has 0 aliphatic carbocycles. The fourth-order valence-electron chi connectivity index (χ4n) is 3.02. The van der Waals surface area contributed by atoms with Crippen LogP contribution in [-0.4, -0.2) is 24.1 Å². The van der Waals surface area contributed by atoms with Gasteiger partial charge in [-0.2, -0.15) is 18.2 Å². The first-order valence-corrected chi connectivity index (χ1v) is 8.98. The smallest absolute Gasteiger partial charge is 0.328 e. The Labute approximate surface area is 175 Å². The van der Waals surface area contributed by atoms with E-state index < -0.39 is 34.5 Å². The topological polar surface area (TPSA) is 82.7 Å². The summed E-state index contributed by atoms with van der Waals surface area (Å²) in [5.41, 5.74) is -3.44. The van der Waals surface area contributed by atoms with E-state index in [-0.39, 0.29) is 29.3 Å². The zero-order valence-corrected chi connectivity index (χ0v) is 16.0. The van der Waals surface area contributed by atoms with Crippen molar-refractivity contribution in [2.24, 2.45) is 0 Å². The molecule has 7 nitrogen and oxygen atoms in total. The summed E-state index contributed by atoms with van der Waals surface area (Å²) in [5, 5.41) is 0.0443. The lowest BCUT2D eigenvalue weighted by molar-refractivity contribution is -0.137. The normalized spacial score (nSPS) is 11.8. The van der Waals surface area contributed by atoms with Crippen molar-refractivity contribution in [1.29, 1.82) is 0 Å². The number of alkyl halides is 3. The summed E-state index contributed by atoms with van der Waals surface area (Å²) in [5.74, 6) is -1.25. The molecule has 2 aromatic rings. The van der Waals surface area contributed by atoms with Gasteiger partial charge in [-0.05, 0) is 41.9 Å². The summed E-state index contributed by atoms with van der Waals surface area (Å²) in [6, 6.07) is 4.31. The van der Waals surface area contributed by atoms with Crippen LogP contribution < -0.4 is 11.2 Å². The highest BCUT2D eigenvalue weighted by Crippen LogP contribution is 2.31. The molecule has 0 bridgehead atoms. The third-order valence-corrected chi connectivity index (χ3v) is 4.56. The van der Waals surface area contributed by atoms with E-state index in [0.29, 0.717) is 22.3 Å². The third kappa shape index (κ3) is 4.04. The number of nitrogens with zero attached hydrogens (tertiary/aromatic N) is 5. The van der Waals surface area contributed by atoms with Crippen molar-refractivity contribution in [1.82, 2.24) is 24.1 Å². The Morgan fingerprint density at radius 2 is 1.77 bits per heavy atom. The van der Waals surface area contributed by atoms with E-state index in [0.717, 1.165) is 0 Å². The predicted octanol–water partition coefficient (Wildman–Crippen LogP) is 3.15. The maximum atomic E-state index is 13.8. The Morgan fingerprint density at radius 3 is 2.45 bits per heavy atom. The molecule has 12 heteroatoms. The van der Waals surface area contributed by atoms with E-state index in [9.17, 15) is 27.2 Å². The van der Waals surface area contributed by atoms with Crippen LogP contribution >= 0.6 is 11.6 Å². The molecular formula is C19H10ClF4N5O2. The average molecular weight is 452 g/mol. The fraction of sp³-hybridized carbons (Fsp3) is 0.105. The van der Waals surface area contributed by atoms with E-state index in [1.54, 1.807) is 6.20 Å². The van der Waals surface area contributed by atoms with E-state index in [1.807, 2.05) is 0 Å². The Kier molecular flexibility index (Phi) is 5.05. The van der Waals surface area contributed by atoms with Crippen LogP contribution in [0, 0.1) is 5.82 Å². The van der Waals surface area contributed by atoms with E-state index in [4.69, 9.17) is 11.6 Å². The van der Waals surface area contributed by atoms with Crippen LogP contribution in [0.1, 0.15) is 11.1 Å². The predicted molar refractivity (Wildman–Crippen MR) is 102 cm³/mol. The molecule has 0 atom stereocenters. The molecule has 0 fully saturated rings. The second kappa shape index (κ2) is 7.58. The Balaban J connectivity index is 1.88. The molecule has 0 radical (unpaired) electrons. The molecule has 0 spiro atoms. The fourth-order valence-corrected chi connectivity index (χ4v) is 3.12. The highest BCUT2D eigenvalue weighted by atomic mass is 35.5. The van der Waals surface area contributed by atoms with Gasteiger partial charge in [0.2, 0.25) is 5.28 Å². The van der Waals surface area contributed by atoms with Crippen LogP contribution in [0.25, 0.3) is 17.1 Å². The minimum absolute atomic E-state index is 0.00357. The number of pyridine rings is 1. The number of hydrogen-bond acceptors (Lipinski definition) is 5. The van der Waals surface area contributed by atoms with Gasteiger partial charge in [-0.15, -0.1) is 0 Å². The van der Waals surface area contributed by atoms with Gasteiger partial charge in [-0.25, -0.2) is 23.7 Å². The second-order valence-electron chi connectivity index (χ2n) is 6.46. The number of benzene rings is 1. The van der Waals surface area contributed by atoms with Crippen LogP contribution in [0.15, 0.2) is 58.5 Å². The molecule has 3 heterocycles. The van der Waals surface area contributed by atoms with Gasteiger partial charge in [-0.3, -0.25) is 4.79 Å². The maximum absolute atomic E-state index is 13.8. The zero-order valence-electron chi connectivity index (χ0n) is 15.3. The van der Waals surface area contributed by atoms with Crippen molar-refractivity contribution in [2.45, 2.75) is 12.7 Å². The molecule has 4 rings (SSSR count). The van der Waals surface area contributed by atoms with Gasteiger partial charge in [0.05, 0.1) is 23.4 Å². The van der Waals surface area contributed by atoms with Crippen molar-refractivity contribution in [2.75, 3.05) is 0 Å². The largest absolute Gasteiger partial charge is 0.416 e. The first-order chi connectivity index (χ1) is 14.6. The molecule has 0 amide bonds. The Morgan fingerprint density at radius 1 is 1.06 bits per heavy atom. The molecule has 0 saturated carbocycles. The van der Waals surface area contributed by atoms with Gasteiger partial charge >= 0.3 is 11.9 Å². The highest BCUT2D eigenvalue weighted by molar-refractivity contribution is 6.28. The third-order valence-electron chi connectivity index (χ3n) is 4.36. The van der Waals surface area contributed by atoms with Gasteiger partial charge in [-0.1, -0.05) is 0 Å². The van der Waals surface area contributed by atoms with Gasteiger partial charge in [0.1, 0.15) is 5.82 Å². The molecule has 0 saturated heterocycles. The number of aromatic nitrogens is 5. The standard InChI is InChI=1S/C19H10ClF4N5O2/c20-17-25-7-10(8-26-17)9-28-3-1-2-14-15(28)27-18(31)29(16(14)30)13-5-11(19(22,23)24)4-12(21)6-13/h1-8H,9H2. The summed E-state index contributed by atoms with van der Waals surface area (Å²) in [7, 11) is 0. The van der Waals surface area contributed by atoms with E-state index in [2.05, 4.69) is 15.0 Å². The average Bonchev–Trinajstić information content (AvgIpc) is 2.69. The van der Waals surface area contributed by atoms with Crippen LogP contribution in [0.3, 0.4) is 0 Å². The monoisotopic (exact) mass is 451 g/mol. The summed E-state index contributed by atoms with van der Waals surface area (Å²) in [6.07, 6.45) is -0.410. The van der Waals surface area contributed by atoms with Gasteiger partial charge in [0.15, 0.2) is 5.82 Å². The highest BCUT2D eigenvalue weighted by Gasteiger charge is 2.32. The SMILES string of the molecule is O=c1nc2n(Cc3cnc(Cl)nc3)cccc-2c(=O)n1-c1cc(F)cc(C(F)(F)F)c1. The number of rotatable bonds is 3. The summed E-state index contributed by atoms with van der Waals surface area (Å²) >= 11 is 5.65. The quantitative estimate of drug-likeness (QED) is 0.353. The summed E-state index contributed by atoms with van der Waals surface area (Å²) in [6.45, 7) is 0.141. The van der Waals surface area contributed by atoms with Crippen molar-refractivity contribution >= 4 is 11.6 Å². The number of fused-ring (bicyclic) bond motifs is 1. The molecule has 0 N–H and O–H groups in total. The second-order valence-corrected chi connectivity index (χ2v) is 6.80. The van der Waals surface area contributed by atoms with Gasteiger partial charge in [0.25, 0.3) is 5.56 Å². The number of hydrogen-bond donors (Lipinski definition) is 0. The van der Waals surface area contributed by atoms with E-state index >= 15 is 0 Å². The molecule has 1 aromatic carbocycles. The minimum Gasteiger partial charge on any atom is -0.328 e. The lowest BCUT2D eigenvalue weighted by atomic mass is 10.1. The Bertz CT molecular complexity index is 1370. The number of halogens is 5. The van der Waals surface area contributed by atoms with Crippen LogP contribution in [0.2, 0.25) is 5.28 Å². The van der Waals surface area contributed by atoms with Crippen molar-refractivity contribution in [3.63, 3.8) is 0 Å². The van der Waals surface area contributed by atoms with E-state index in [1.165, 1.54) is 29.1 Å². The molecule has 158 valence electrons. The van der Waals surface area contributed by atoms with Crippen LogP contribution in [-0.2, 0) is 12.7 Å². The first-order valence-electron chi connectivity index (χ1n) is 8.60. The molecule has 1 aromatic heterocycles. The van der Waals surface area contributed by atoms with Gasteiger partial charge < -0.3 is 4.57 Å². The summed E-state index contributed by atoms with van der Waals surface area (Å²) < 4.78 is 54.8. The maximum Gasteiger partial charge on any atom is 0.416 e. The molecule has 0 unspecified atom stereocenters. The lowest BCUT2D eigenvalue weighted by Gasteiger charge is -2.16. The molecular weight excluding hydrogens is 442 g/mol. The summed E-state index contributed by atoms with van der Waals surface area (Å²) in [4.78, 5) is 37.0. The van der Waals surface area contributed by atoms with Crippen molar-refractivity contribution in [3.8, 4) is 17.1 Å². The van der Waals surface area contributed by atoms with Gasteiger partial charge in [0, 0.05) is 24.2 Å². The zero-order chi connectivity index (χ0) is 22.3. The van der Waals surface area contributed by atoms with Crippen LogP contribution in [0.5, 0.6) is 0 Å². The molecule has 2 aliphatic rings. The van der Waals surface area contributed by atoms with Crippen molar-refractivity contribution in [3.05, 3.63) is 92.0 Å². The Hall–Kier alpha value is -3.60. The first kappa shape index (κ1) is 20.7. The molecule has 2 aliphatic heterocycles.